The minimum absolute atomic E-state index is 0.0471. The molecule has 0 unspecified atom stereocenters. The Kier molecular flexibility index (Phi) is 3.95. The highest BCUT2D eigenvalue weighted by Gasteiger charge is 2.17. The van der Waals surface area contributed by atoms with Gasteiger partial charge in [0.05, 0.1) is 17.7 Å². The molecule has 0 spiro atoms. The average Bonchev–Trinajstić information content (AvgIpc) is 2.89. The van der Waals surface area contributed by atoms with Crippen molar-refractivity contribution >= 4 is 11.7 Å². The largest absolute Gasteiger partial charge is 0.478 e. The predicted molar refractivity (Wildman–Crippen MR) is 92.3 cm³/mol. The molecule has 2 aromatic heterocycles. The van der Waals surface area contributed by atoms with Crippen molar-refractivity contribution in [3.05, 3.63) is 75.1 Å². The first-order valence-corrected chi connectivity index (χ1v) is 7.42. The lowest BCUT2D eigenvalue weighted by molar-refractivity contribution is 0.0696. The van der Waals surface area contributed by atoms with Crippen molar-refractivity contribution in [2.24, 2.45) is 0 Å². The van der Waals surface area contributed by atoms with Gasteiger partial charge < -0.3 is 5.11 Å². The van der Waals surface area contributed by atoms with Crippen LogP contribution < -0.4 is 5.56 Å². The van der Waals surface area contributed by atoms with E-state index in [1.165, 1.54) is 23.0 Å². The Hall–Kier alpha value is -3.66. The van der Waals surface area contributed by atoms with E-state index < -0.39 is 5.97 Å². The van der Waals surface area contributed by atoms with Crippen molar-refractivity contribution in [2.75, 3.05) is 0 Å². The fraction of sp³-hybridized carbons (Fsp3) is 0.111. The van der Waals surface area contributed by atoms with Gasteiger partial charge in [0.1, 0.15) is 0 Å². The van der Waals surface area contributed by atoms with Gasteiger partial charge in [-0.2, -0.15) is 0 Å². The molecule has 0 radical (unpaired) electrons. The van der Waals surface area contributed by atoms with E-state index in [-0.39, 0.29) is 11.1 Å². The predicted octanol–water partition coefficient (Wildman–Crippen LogP) is 3.09. The summed E-state index contributed by atoms with van der Waals surface area (Å²) in [5.41, 5.74) is 3.00. The highest BCUT2D eigenvalue weighted by atomic mass is 16.4. The molecule has 0 fully saturated rings. The third-order valence-electron chi connectivity index (χ3n) is 3.90. The van der Waals surface area contributed by atoms with Crippen LogP contribution in [0, 0.1) is 20.4 Å². The van der Waals surface area contributed by atoms with Gasteiger partial charge in [-0.1, -0.05) is 23.8 Å². The zero-order valence-electron chi connectivity index (χ0n) is 13.6. The molecule has 0 aliphatic carbocycles. The fourth-order valence-corrected chi connectivity index (χ4v) is 2.67. The second-order valence-electron chi connectivity index (χ2n) is 5.57. The van der Waals surface area contributed by atoms with Crippen molar-refractivity contribution in [3.63, 3.8) is 0 Å². The maximum absolute atomic E-state index is 12.8. The number of H-pyrrole nitrogens is 1. The second kappa shape index (κ2) is 6.09. The molecule has 2 heterocycles. The Morgan fingerprint density at radius 2 is 2.04 bits per heavy atom. The van der Waals surface area contributed by atoms with E-state index in [0.29, 0.717) is 22.8 Å². The molecular formula is C18H14N4O3. The summed E-state index contributed by atoms with van der Waals surface area (Å²) in [4.78, 5) is 31.2. The minimum Gasteiger partial charge on any atom is -0.478 e. The number of pyridine rings is 1. The molecule has 0 saturated heterocycles. The summed E-state index contributed by atoms with van der Waals surface area (Å²) >= 11 is 0. The summed E-state index contributed by atoms with van der Waals surface area (Å²) < 4.78 is 1.28. The SMILES string of the molecule is [C-]#[N+]c1ccc(-c2c(C)[nH]n(-c3ccc(C(=O)O)cn3)c2=O)c(C)c1. The zero-order valence-corrected chi connectivity index (χ0v) is 13.6. The first-order valence-electron chi connectivity index (χ1n) is 7.42. The molecule has 0 saturated carbocycles. The molecule has 7 nitrogen and oxygen atoms in total. The second-order valence-corrected chi connectivity index (χ2v) is 5.57. The topological polar surface area (TPSA) is 92.3 Å². The van der Waals surface area contributed by atoms with Gasteiger partial charge in [-0.15, -0.1) is 0 Å². The van der Waals surface area contributed by atoms with Crippen molar-refractivity contribution in [3.8, 4) is 16.9 Å². The molecule has 0 amide bonds. The number of hydrogen-bond acceptors (Lipinski definition) is 3. The number of nitrogens with one attached hydrogen (secondary N) is 1. The first kappa shape index (κ1) is 16.2. The molecule has 3 rings (SSSR count). The van der Waals surface area contributed by atoms with E-state index in [1.807, 2.05) is 6.92 Å². The standard InChI is InChI=1S/C18H14N4O3/c1-10-8-13(19-3)5-6-14(10)16-11(2)21-22(17(16)23)15-7-4-12(9-20-15)18(24)25/h4-9,21H,1-2H3,(H,24,25). The summed E-state index contributed by atoms with van der Waals surface area (Å²) in [7, 11) is 0. The van der Waals surface area contributed by atoms with Crippen LogP contribution in [-0.2, 0) is 0 Å². The summed E-state index contributed by atoms with van der Waals surface area (Å²) in [5, 5.41) is 11.9. The van der Waals surface area contributed by atoms with Crippen LogP contribution in [0.5, 0.6) is 0 Å². The maximum atomic E-state index is 12.8. The van der Waals surface area contributed by atoms with Gasteiger partial charge >= 0.3 is 5.97 Å². The van der Waals surface area contributed by atoms with Gasteiger partial charge in [-0.25, -0.2) is 19.3 Å². The average molecular weight is 334 g/mol. The van der Waals surface area contributed by atoms with Crippen LogP contribution in [0.25, 0.3) is 21.8 Å². The van der Waals surface area contributed by atoms with E-state index in [0.717, 1.165) is 11.1 Å². The molecule has 0 bridgehead atoms. The Morgan fingerprint density at radius 1 is 1.28 bits per heavy atom. The molecule has 3 aromatic rings. The van der Waals surface area contributed by atoms with Crippen LogP contribution in [0.2, 0.25) is 0 Å². The third-order valence-corrected chi connectivity index (χ3v) is 3.90. The lowest BCUT2D eigenvalue weighted by Crippen LogP contribution is -2.17. The van der Waals surface area contributed by atoms with Crippen LogP contribution in [0.3, 0.4) is 0 Å². The summed E-state index contributed by atoms with van der Waals surface area (Å²) in [6.45, 7) is 10.7. The number of aromatic nitrogens is 3. The number of nitrogens with zero attached hydrogens (tertiary/aromatic N) is 3. The van der Waals surface area contributed by atoms with Crippen LogP contribution in [0.1, 0.15) is 21.6 Å². The van der Waals surface area contributed by atoms with E-state index in [1.54, 1.807) is 25.1 Å². The Labute approximate surface area is 143 Å². The van der Waals surface area contributed by atoms with Gasteiger partial charge in [0, 0.05) is 11.9 Å². The third kappa shape index (κ3) is 2.81. The fourth-order valence-electron chi connectivity index (χ4n) is 2.67. The molecule has 0 atom stereocenters. The van der Waals surface area contributed by atoms with Crippen molar-refractivity contribution < 1.29 is 9.90 Å². The normalized spacial score (nSPS) is 10.4. The zero-order chi connectivity index (χ0) is 18.1. The lowest BCUT2D eigenvalue weighted by atomic mass is 10.0. The molecule has 2 N–H and O–H groups in total. The quantitative estimate of drug-likeness (QED) is 0.720. The van der Waals surface area contributed by atoms with E-state index in [2.05, 4.69) is 14.9 Å². The van der Waals surface area contributed by atoms with Crippen LogP contribution >= 0.6 is 0 Å². The molecule has 0 aliphatic rings. The number of rotatable bonds is 3. The van der Waals surface area contributed by atoms with Gasteiger partial charge in [0.25, 0.3) is 5.56 Å². The monoisotopic (exact) mass is 334 g/mol. The van der Waals surface area contributed by atoms with Gasteiger partial charge in [0.15, 0.2) is 11.5 Å². The molecule has 7 heteroatoms. The summed E-state index contributed by atoms with van der Waals surface area (Å²) in [6.07, 6.45) is 1.20. The maximum Gasteiger partial charge on any atom is 0.337 e. The molecule has 124 valence electrons. The summed E-state index contributed by atoms with van der Waals surface area (Å²) in [5.74, 6) is -0.773. The van der Waals surface area contributed by atoms with E-state index in [4.69, 9.17) is 11.7 Å². The number of hydrogen-bond donors (Lipinski definition) is 2. The molecule has 1 aromatic carbocycles. The Morgan fingerprint density at radius 3 is 2.60 bits per heavy atom. The van der Waals surface area contributed by atoms with Crippen molar-refractivity contribution in [1.29, 1.82) is 0 Å². The summed E-state index contributed by atoms with van der Waals surface area (Å²) in [6, 6.07) is 8.03. The van der Waals surface area contributed by atoms with Crippen molar-refractivity contribution in [2.45, 2.75) is 13.8 Å². The smallest absolute Gasteiger partial charge is 0.337 e. The minimum atomic E-state index is -1.08. The molecular weight excluding hydrogens is 320 g/mol. The van der Waals surface area contributed by atoms with Gasteiger partial charge in [-0.3, -0.25) is 9.89 Å². The number of benzene rings is 1. The van der Waals surface area contributed by atoms with E-state index >= 15 is 0 Å². The highest BCUT2D eigenvalue weighted by molar-refractivity contribution is 5.87. The number of carbonyl (C=O) groups is 1. The molecule has 25 heavy (non-hydrogen) atoms. The van der Waals surface area contributed by atoms with Gasteiger partial charge in [0.2, 0.25) is 0 Å². The Bertz CT molecular complexity index is 1070. The lowest BCUT2D eigenvalue weighted by Gasteiger charge is -2.04. The first-order chi connectivity index (χ1) is 11.9. The van der Waals surface area contributed by atoms with Crippen LogP contribution in [-0.4, -0.2) is 25.8 Å². The van der Waals surface area contributed by atoms with Crippen molar-refractivity contribution in [1.82, 2.24) is 14.8 Å². The number of aromatic amines is 1. The van der Waals surface area contributed by atoms with Crippen LogP contribution in [0.15, 0.2) is 41.3 Å². The Balaban J connectivity index is 2.12. The van der Waals surface area contributed by atoms with Crippen LogP contribution in [0.4, 0.5) is 5.69 Å². The number of carboxylic acid groups (broad SMARTS) is 1. The highest BCUT2D eigenvalue weighted by Crippen LogP contribution is 2.27. The molecule has 0 aliphatic heterocycles. The number of aromatic carboxylic acids is 1. The van der Waals surface area contributed by atoms with Gasteiger partial charge in [-0.05, 0) is 31.5 Å². The number of aryl methyl sites for hydroxylation is 2. The van der Waals surface area contributed by atoms with E-state index in [9.17, 15) is 9.59 Å². The number of carboxylic acids is 1.